The number of carbonyl (C=O) groups is 2. The van der Waals surface area contributed by atoms with Gasteiger partial charge in [-0.3, -0.25) is 9.59 Å². The fraction of sp³-hybridized carbons (Fsp3) is 0.565. The summed E-state index contributed by atoms with van der Waals surface area (Å²) >= 11 is 0. The summed E-state index contributed by atoms with van der Waals surface area (Å²) in [6.07, 6.45) is 11.9. The lowest BCUT2D eigenvalue weighted by Gasteiger charge is -2.32. The molecule has 27 heavy (non-hydrogen) atoms. The van der Waals surface area contributed by atoms with Crippen LogP contribution in [0.25, 0.3) is 6.08 Å². The van der Waals surface area contributed by atoms with Crippen LogP contribution in [0.5, 0.6) is 0 Å². The molecule has 1 aliphatic rings. The Morgan fingerprint density at radius 1 is 1.07 bits per heavy atom. The third kappa shape index (κ3) is 7.58. The highest BCUT2D eigenvalue weighted by molar-refractivity contribution is 5.92. The van der Waals surface area contributed by atoms with E-state index >= 15 is 0 Å². The van der Waals surface area contributed by atoms with Gasteiger partial charge in [0, 0.05) is 18.7 Å². The first-order valence-corrected chi connectivity index (χ1v) is 10.3. The van der Waals surface area contributed by atoms with Crippen LogP contribution in [0.4, 0.5) is 0 Å². The number of esters is 1. The van der Waals surface area contributed by atoms with Gasteiger partial charge in [0.1, 0.15) is 0 Å². The maximum absolute atomic E-state index is 12.9. The number of nitrogens with zero attached hydrogens (tertiary/aromatic N) is 1. The van der Waals surface area contributed by atoms with Gasteiger partial charge in [-0.2, -0.15) is 0 Å². The Kier molecular flexibility index (Phi) is 9.09. The summed E-state index contributed by atoms with van der Waals surface area (Å²) in [6, 6.07) is 8.32. The van der Waals surface area contributed by atoms with Gasteiger partial charge in [0.25, 0.3) is 0 Å². The highest BCUT2D eigenvalue weighted by Crippen LogP contribution is 2.22. The smallest absolute Gasteiger partial charge is 0.307 e. The Bertz CT molecular complexity index is 613. The Hall–Kier alpha value is -2.10. The molecule has 0 aromatic heterocycles. The summed E-state index contributed by atoms with van der Waals surface area (Å²) in [6.45, 7) is 4.66. The van der Waals surface area contributed by atoms with Gasteiger partial charge in [-0.25, -0.2) is 0 Å². The summed E-state index contributed by atoms with van der Waals surface area (Å²) in [5, 5.41) is 0. The number of ether oxygens (including phenoxy) is 1. The van der Waals surface area contributed by atoms with Gasteiger partial charge < -0.3 is 9.64 Å². The van der Waals surface area contributed by atoms with E-state index in [1.165, 1.54) is 24.8 Å². The molecule has 0 aliphatic heterocycles. The van der Waals surface area contributed by atoms with E-state index in [-0.39, 0.29) is 24.3 Å². The minimum absolute atomic E-state index is 0.00885. The van der Waals surface area contributed by atoms with Crippen LogP contribution in [0.15, 0.2) is 30.3 Å². The lowest BCUT2D eigenvalue weighted by atomic mass is 9.95. The van der Waals surface area contributed by atoms with Crippen molar-refractivity contribution in [2.75, 3.05) is 13.2 Å². The van der Waals surface area contributed by atoms with Crippen molar-refractivity contribution >= 4 is 18.0 Å². The van der Waals surface area contributed by atoms with Crippen molar-refractivity contribution in [3.05, 3.63) is 41.5 Å². The van der Waals surface area contributed by atoms with E-state index in [4.69, 9.17) is 4.74 Å². The zero-order valence-corrected chi connectivity index (χ0v) is 16.8. The molecule has 0 radical (unpaired) electrons. The van der Waals surface area contributed by atoms with Crippen LogP contribution in [0.1, 0.15) is 69.4 Å². The predicted octanol–water partition coefficient (Wildman–Crippen LogP) is 4.90. The van der Waals surface area contributed by atoms with E-state index in [0.29, 0.717) is 13.2 Å². The van der Waals surface area contributed by atoms with Gasteiger partial charge in [-0.15, -0.1) is 0 Å². The maximum Gasteiger partial charge on any atom is 0.307 e. The molecule has 0 spiro atoms. The van der Waals surface area contributed by atoms with E-state index in [9.17, 15) is 9.59 Å². The molecule has 1 aromatic rings. The summed E-state index contributed by atoms with van der Waals surface area (Å²) in [4.78, 5) is 26.6. The van der Waals surface area contributed by atoms with Crippen LogP contribution < -0.4 is 0 Å². The number of hydrogen-bond acceptors (Lipinski definition) is 3. The Morgan fingerprint density at radius 2 is 1.70 bits per heavy atom. The molecule has 0 N–H and O–H groups in total. The molecule has 148 valence electrons. The molecule has 0 bridgehead atoms. The number of carbonyl (C=O) groups excluding carboxylic acids is 2. The van der Waals surface area contributed by atoms with Crippen molar-refractivity contribution in [2.45, 2.75) is 71.3 Å². The monoisotopic (exact) mass is 371 g/mol. The molecule has 1 saturated carbocycles. The fourth-order valence-corrected chi connectivity index (χ4v) is 3.60. The first-order valence-electron chi connectivity index (χ1n) is 10.3. The van der Waals surface area contributed by atoms with Crippen LogP contribution in [0, 0.1) is 6.92 Å². The second kappa shape index (κ2) is 11.6. The van der Waals surface area contributed by atoms with E-state index in [0.717, 1.165) is 31.2 Å². The van der Waals surface area contributed by atoms with Gasteiger partial charge in [0.05, 0.1) is 13.0 Å². The van der Waals surface area contributed by atoms with Crippen LogP contribution >= 0.6 is 0 Å². The van der Waals surface area contributed by atoms with Crippen molar-refractivity contribution in [1.29, 1.82) is 0 Å². The van der Waals surface area contributed by atoms with Crippen LogP contribution in [0.3, 0.4) is 0 Å². The van der Waals surface area contributed by atoms with Crippen LogP contribution in [-0.2, 0) is 14.3 Å². The van der Waals surface area contributed by atoms with Gasteiger partial charge in [-0.05, 0) is 38.3 Å². The molecular weight excluding hydrogens is 338 g/mol. The van der Waals surface area contributed by atoms with E-state index in [2.05, 4.69) is 0 Å². The van der Waals surface area contributed by atoms with E-state index < -0.39 is 0 Å². The first kappa shape index (κ1) is 21.2. The minimum atomic E-state index is -0.233. The summed E-state index contributed by atoms with van der Waals surface area (Å²) in [5.74, 6) is -0.242. The van der Waals surface area contributed by atoms with Crippen molar-refractivity contribution in [3.8, 4) is 0 Å². The molecule has 1 fully saturated rings. The third-order valence-corrected chi connectivity index (χ3v) is 5.16. The molecule has 0 atom stereocenters. The second-order valence-electron chi connectivity index (χ2n) is 7.33. The highest BCUT2D eigenvalue weighted by Gasteiger charge is 2.23. The zero-order chi connectivity index (χ0) is 19.5. The molecule has 2 rings (SSSR count). The molecule has 1 aliphatic carbocycles. The standard InChI is InChI=1S/C23H33NO3/c1-3-27-23(26)17-18-24(21-9-7-5-4-6-8-10-21)22(25)16-15-20-13-11-19(2)12-14-20/h11-16,21H,3-10,17-18H2,1-2H3/b16-15+. The number of aryl methyl sites for hydroxylation is 1. The topological polar surface area (TPSA) is 46.6 Å². The highest BCUT2D eigenvalue weighted by atomic mass is 16.5. The molecule has 0 heterocycles. The van der Waals surface area contributed by atoms with Gasteiger partial charge in [0.15, 0.2) is 0 Å². The molecule has 1 amide bonds. The molecule has 0 saturated heterocycles. The molecule has 1 aromatic carbocycles. The summed E-state index contributed by atoms with van der Waals surface area (Å²) < 4.78 is 5.05. The van der Waals surface area contributed by atoms with Crippen molar-refractivity contribution in [1.82, 2.24) is 4.90 Å². The summed E-state index contributed by atoms with van der Waals surface area (Å²) in [5.41, 5.74) is 2.21. The average Bonchev–Trinajstić information content (AvgIpc) is 2.63. The maximum atomic E-state index is 12.9. The molecule has 4 nitrogen and oxygen atoms in total. The number of amides is 1. The molecule has 0 unspecified atom stereocenters. The van der Waals surface area contributed by atoms with Crippen LogP contribution in [0.2, 0.25) is 0 Å². The quantitative estimate of drug-likeness (QED) is 0.506. The van der Waals surface area contributed by atoms with Gasteiger partial charge >= 0.3 is 5.97 Å². The Balaban J connectivity index is 2.06. The van der Waals surface area contributed by atoms with Gasteiger partial charge in [0.2, 0.25) is 5.91 Å². The lowest BCUT2D eigenvalue weighted by Crippen LogP contribution is -2.41. The second-order valence-corrected chi connectivity index (χ2v) is 7.33. The largest absolute Gasteiger partial charge is 0.466 e. The SMILES string of the molecule is CCOC(=O)CCN(C(=O)/C=C/c1ccc(C)cc1)C1CCCCCCC1. The number of benzene rings is 1. The Morgan fingerprint density at radius 3 is 2.33 bits per heavy atom. The van der Waals surface area contributed by atoms with E-state index in [1.807, 2.05) is 42.2 Å². The van der Waals surface area contributed by atoms with E-state index in [1.54, 1.807) is 13.0 Å². The van der Waals surface area contributed by atoms with Crippen molar-refractivity contribution < 1.29 is 14.3 Å². The van der Waals surface area contributed by atoms with Gasteiger partial charge in [-0.1, -0.05) is 61.9 Å². The first-order chi connectivity index (χ1) is 13.1. The molecule has 4 heteroatoms. The lowest BCUT2D eigenvalue weighted by molar-refractivity contribution is -0.144. The zero-order valence-electron chi connectivity index (χ0n) is 16.8. The summed E-state index contributed by atoms with van der Waals surface area (Å²) in [7, 11) is 0. The Labute approximate surface area is 163 Å². The van der Waals surface area contributed by atoms with Crippen LogP contribution in [-0.4, -0.2) is 36.0 Å². The number of rotatable bonds is 7. The van der Waals surface area contributed by atoms with Crippen molar-refractivity contribution in [2.24, 2.45) is 0 Å². The third-order valence-electron chi connectivity index (χ3n) is 5.16. The normalized spacial score (nSPS) is 15.9. The minimum Gasteiger partial charge on any atom is -0.466 e. The van der Waals surface area contributed by atoms with Crippen molar-refractivity contribution in [3.63, 3.8) is 0 Å². The predicted molar refractivity (Wildman–Crippen MR) is 109 cm³/mol. The average molecular weight is 372 g/mol. The fourth-order valence-electron chi connectivity index (χ4n) is 3.60. The molecular formula is C23H33NO3. The number of hydrogen-bond donors (Lipinski definition) is 0.